The Balaban J connectivity index is 0.00000112. The molecular formula is C9H13ClN2O2S. The Labute approximate surface area is 95.1 Å². The molecule has 15 heavy (non-hydrogen) atoms. The van der Waals surface area contributed by atoms with Crippen molar-refractivity contribution in [1.29, 1.82) is 0 Å². The summed E-state index contributed by atoms with van der Waals surface area (Å²) in [6.45, 7) is 0. The van der Waals surface area contributed by atoms with Gasteiger partial charge in [0.1, 0.15) is 0 Å². The minimum atomic E-state index is -3.58. The van der Waals surface area contributed by atoms with Crippen molar-refractivity contribution in [3.8, 4) is 0 Å². The lowest BCUT2D eigenvalue weighted by Gasteiger charge is -2.01. The van der Waals surface area contributed by atoms with Crippen LogP contribution in [0.15, 0.2) is 23.1 Å². The highest BCUT2D eigenvalue weighted by molar-refractivity contribution is 7.89. The van der Waals surface area contributed by atoms with Crippen LogP contribution >= 0.6 is 12.4 Å². The molecule has 0 aliphatic heterocycles. The van der Waals surface area contributed by atoms with Gasteiger partial charge in [-0.05, 0) is 36.1 Å². The maximum atomic E-state index is 11.1. The van der Waals surface area contributed by atoms with Crippen LogP contribution in [0.3, 0.4) is 0 Å². The van der Waals surface area contributed by atoms with Crippen LogP contribution in [0.4, 0.5) is 0 Å². The standard InChI is InChI=1S/C9H12N2O2S.ClH/c10-8-3-6-1-2-9(14(11,12)13)5-7(6)4-8;/h1-2,5,8H,3-4,10H2,(H2,11,12,13);1H. The topological polar surface area (TPSA) is 86.2 Å². The lowest BCUT2D eigenvalue weighted by atomic mass is 10.1. The molecule has 4 nitrogen and oxygen atoms in total. The van der Waals surface area contributed by atoms with Gasteiger partial charge in [0.25, 0.3) is 0 Å². The average Bonchev–Trinajstić information content (AvgIpc) is 2.41. The van der Waals surface area contributed by atoms with Crippen LogP contribution in [-0.4, -0.2) is 14.5 Å². The molecule has 0 radical (unpaired) electrons. The number of sulfonamides is 1. The summed E-state index contributed by atoms with van der Waals surface area (Å²) in [7, 11) is -3.58. The molecule has 1 aromatic carbocycles. The van der Waals surface area contributed by atoms with E-state index < -0.39 is 10.0 Å². The third-order valence-corrected chi connectivity index (χ3v) is 3.38. The Morgan fingerprint density at radius 3 is 2.40 bits per heavy atom. The molecule has 4 N–H and O–H groups in total. The first-order valence-corrected chi connectivity index (χ1v) is 5.91. The molecular weight excluding hydrogens is 236 g/mol. The van der Waals surface area contributed by atoms with E-state index in [2.05, 4.69) is 0 Å². The summed E-state index contributed by atoms with van der Waals surface area (Å²) >= 11 is 0. The highest BCUT2D eigenvalue weighted by Crippen LogP contribution is 2.23. The zero-order chi connectivity index (χ0) is 10.3. The third-order valence-electron chi connectivity index (χ3n) is 2.47. The van der Waals surface area contributed by atoms with Crippen molar-refractivity contribution < 1.29 is 8.42 Å². The fourth-order valence-electron chi connectivity index (χ4n) is 1.81. The number of hydrogen-bond acceptors (Lipinski definition) is 3. The minimum absolute atomic E-state index is 0. The fraction of sp³-hybridized carbons (Fsp3) is 0.333. The van der Waals surface area contributed by atoms with Gasteiger partial charge in [-0.1, -0.05) is 6.07 Å². The van der Waals surface area contributed by atoms with Gasteiger partial charge in [0.05, 0.1) is 4.90 Å². The summed E-state index contributed by atoms with van der Waals surface area (Å²) in [5, 5.41) is 5.03. The van der Waals surface area contributed by atoms with E-state index in [1.165, 1.54) is 6.07 Å². The Morgan fingerprint density at radius 1 is 1.20 bits per heavy atom. The maximum Gasteiger partial charge on any atom is 0.238 e. The van der Waals surface area contributed by atoms with Crippen LogP contribution in [0.1, 0.15) is 11.1 Å². The zero-order valence-corrected chi connectivity index (χ0v) is 9.64. The smallest absolute Gasteiger partial charge is 0.238 e. The number of nitrogens with two attached hydrogens (primary N) is 2. The quantitative estimate of drug-likeness (QED) is 0.744. The Hall–Kier alpha value is -0.620. The molecule has 0 spiro atoms. The van der Waals surface area contributed by atoms with Gasteiger partial charge in [-0.3, -0.25) is 0 Å². The largest absolute Gasteiger partial charge is 0.327 e. The predicted molar refractivity (Wildman–Crippen MR) is 60.4 cm³/mol. The summed E-state index contributed by atoms with van der Waals surface area (Å²) in [4.78, 5) is 0.172. The van der Waals surface area contributed by atoms with Gasteiger partial charge in [-0.2, -0.15) is 0 Å². The van der Waals surface area contributed by atoms with Crippen molar-refractivity contribution in [3.05, 3.63) is 29.3 Å². The molecule has 0 saturated carbocycles. The van der Waals surface area contributed by atoms with Gasteiger partial charge in [-0.25, -0.2) is 13.6 Å². The third kappa shape index (κ3) is 2.49. The molecule has 2 rings (SSSR count). The van der Waals surface area contributed by atoms with Crippen LogP contribution in [-0.2, 0) is 22.9 Å². The molecule has 1 aliphatic carbocycles. The van der Waals surface area contributed by atoms with Crippen molar-refractivity contribution in [2.75, 3.05) is 0 Å². The van der Waals surface area contributed by atoms with Gasteiger partial charge in [0.15, 0.2) is 0 Å². The second-order valence-electron chi connectivity index (χ2n) is 3.64. The van der Waals surface area contributed by atoms with E-state index in [-0.39, 0.29) is 23.3 Å². The maximum absolute atomic E-state index is 11.1. The molecule has 1 atom stereocenters. The number of rotatable bonds is 1. The summed E-state index contributed by atoms with van der Waals surface area (Å²) in [6, 6.07) is 5.06. The molecule has 1 unspecified atom stereocenters. The van der Waals surface area contributed by atoms with E-state index in [1.54, 1.807) is 12.1 Å². The van der Waals surface area contributed by atoms with Gasteiger partial charge in [0, 0.05) is 6.04 Å². The first kappa shape index (κ1) is 12.4. The number of fused-ring (bicyclic) bond motifs is 1. The molecule has 0 saturated heterocycles. The van der Waals surface area contributed by atoms with Crippen LogP contribution in [0.25, 0.3) is 0 Å². The summed E-state index contributed by atoms with van der Waals surface area (Å²) < 4.78 is 22.1. The van der Waals surface area contributed by atoms with Crippen molar-refractivity contribution in [1.82, 2.24) is 0 Å². The Bertz CT molecular complexity index is 473. The van der Waals surface area contributed by atoms with Gasteiger partial charge in [-0.15, -0.1) is 12.4 Å². The van der Waals surface area contributed by atoms with E-state index >= 15 is 0 Å². The Kier molecular flexibility index (Phi) is 3.40. The minimum Gasteiger partial charge on any atom is -0.327 e. The van der Waals surface area contributed by atoms with Crippen molar-refractivity contribution in [2.24, 2.45) is 10.9 Å². The highest BCUT2D eigenvalue weighted by Gasteiger charge is 2.20. The van der Waals surface area contributed by atoms with Crippen LogP contribution < -0.4 is 10.9 Å². The molecule has 1 aliphatic rings. The van der Waals surface area contributed by atoms with Gasteiger partial charge >= 0.3 is 0 Å². The first-order valence-electron chi connectivity index (χ1n) is 4.37. The van der Waals surface area contributed by atoms with Crippen molar-refractivity contribution in [3.63, 3.8) is 0 Å². The molecule has 1 aromatic rings. The average molecular weight is 249 g/mol. The molecule has 6 heteroatoms. The number of benzene rings is 1. The number of primary sulfonamides is 1. The first-order chi connectivity index (χ1) is 6.47. The molecule has 0 fully saturated rings. The second kappa shape index (κ2) is 4.09. The van der Waals surface area contributed by atoms with E-state index in [0.717, 1.165) is 24.0 Å². The van der Waals surface area contributed by atoms with Crippen LogP contribution in [0, 0.1) is 0 Å². The molecule has 0 amide bonds. The number of hydrogen-bond donors (Lipinski definition) is 2. The summed E-state index contributed by atoms with van der Waals surface area (Å²) in [5.41, 5.74) is 7.90. The van der Waals surface area contributed by atoms with Crippen LogP contribution in [0.5, 0.6) is 0 Å². The molecule has 0 heterocycles. The highest BCUT2D eigenvalue weighted by atomic mass is 35.5. The molecule has 84 valence electrons. The van der Waals surface area contributed by atoms with E-state index in [1.807, 2.05) is 0 Å². The van der Waals surface area contributed by atoms with E-state index in [0.29, 0.717) is 0 Å². The van der Waals surface area contributed by atoms with Crippen molar-refractivity contribution >= 4 is 22.4 Å². The number of halogens is 1. The summed E-state index contributed by atoms with van der Waals surface area (Å²) in [5.74, 6) is 0. The normalized spacial score (nSPS) is 19.5. The van der Waals surface area contributed by atoms with E-state index in [4.69, 9.17) is 10.9 Å². The predicted octanol–water partition coefficient (Wildman–Crippen LogP) is 0.182. The lowest BCUT2D eigenvalue weighted by molar-refractivity contribution is 0.597. The zero-order valence-electron chi connectivity index (χ0n) is 8.01. The van der Waals surface area contributed by atoms with E-state index in [9.17, 15) is 8.42 Å². The molecule has 0 bridgehead atoms. The van der Waals surface area contributed by atoms with Crippen LogP contribution in [0.2, 0.25) is 0 Å². The summed E-state index contributed by atoms with van der Waals surface area (Å²) in [6.07, 6.45) is 1.55. The Morgan fingerprint density at radius 2 is 1.80 bits per heavy atom. The van der Waals surface area contributed by atoms with Gasteiger partial charge < -0.3 is 5.73 Å². The fourth-order valence-corrected chi connectivity index (χ4v) is 2.37. The second-order valence-corrected chi connectivity index (χ2v) is 5.21. The SMILES string of the molecule is Cl.NC1Cc2ccc(S(N)(=O)=O)cc2C1. The molecule has 0 aromatic heterocycles. The monoisotopic (exact) mass is 248 g/mol. The lowest BCUT2D eigenvalue weighted by Crippen LogP contribution is -2.19. The van der Waals surface area contributed by atoms with Crippen molar-refractivity contribution in [2.45, 2.75) is 23.8 Å². The van der Waals surface area contributed by atoms with Gasteiger partial charge in [0.2, 0.25) is 10.0 Å².